The Bertz CT molecular complexity index is 873. The summed E-state index contributed by atoms with van der Waals surface area (Å²) in [5.74, 6) is -0.588. The molecule has 0 unspecified atom stereocenters. The summed E-state index contributed by atoms with van der Waals surface area (Å²) in [6.07, 6.45) is -11.6. The van der Waals surface area contributed by atoms with Gasteiger partial charge in [0.1, 0.15) is 24.4 Å². The summed E-state index contributed by atoms with van der Waals surface area (Å²) in [5.41, 5.74) is 0. The third-order valence-electron chi connectivity index (χ3n) is 8.58. The van der Waals surface area contributed by atoms with Crippen molar-refractivity contribution in [3.63, 3.8) is 0 Å². The number of carbonyl (C=O) groups is 1. The molecule has 0 bridgehead atoms. The van der Waals surface area contributed by atoms with Gasteiger partial charge in [0.05, 0.1) is 55.9 Å². The standard InChI is InChI=1S/C31H59NO15/c1-16(6-7-21(38)12-22(39)8-10-33)24(9-11-34)45-31-30(47-26(15-36)42-17(2)14-35)29(28(41)19(4)44-31)46-25-13-23(32-20(5)37)27(40)18(3)43-25/h16-19,21-31,33-36,38-41H,6-15H2,1-5H3,(H,32,37)/t16-,17+,18+,19+,21+,22-,23+,24+,25-,26-,27+,28+,29-,30+,31-/m0/s1. The zero-order chi connectivity index (χ0) is 35.3. The molecule has 0 radical (unpaired) electrons. The highest BCUT2D eigenvalue weighted by Gasteiger charge is 2.50. The molecule has 47 heavy (non-hydrogen) atoms. The predicted octanol–water partition coefficient (Wildman–Crippen LogP) is -1.74. The molecule has 0 saturated carbocycles. The summed E-state index contributed by atoms with van der Waals surface area (Å²) in [6.45, 7) is 6.58. The molecule has 15 atom stereocenters. The van der Waals surface area contributed by atoms with Crippen molar-refractivity contribution in [2.24, 2.45) is 5.92 Å². The zero-order valence-corrected chi connectivity index (χ0v) is 28.2. The number of carbonyl (C=O) groups excluding carboxylic acids is 1. The molecule has 278 valence electrons. The topological polar surface area (TPSA) is 246 Å². The van der Waals surface area contributed by atoms with Crippen LogP contribution in [-0.4, -0.2) is 159 Å². The van der Waals surface area contributed by atoms with Crippen LogP contribution in [0.5, 0.6) is 0 Å². The molecule has 2 saturated heterocycles. The summed E-state index contributed by atoms with van der Waals surface area (Å²) in [4.78, 5) is 11.8. The molecule has 2 aliphatic heterocycles. The molecule has 0 aliphatic carbocycles. The van der Waals surface area contributed by atoms with Crippen LogP contribution in [0, 0.1) is 5.92 Å². The van der Waals surface area contributed by atoms with Gasteiger partial charge >= 0.3 is 0 Å². The molecular formula is C31H59NO15. The van der Waals surface area contributed by atoms with Gasteiger partial charge in [-0.1, -0.05) is 6.92 Å². The number of aliphatic hydroxyl groups excluding tert-OH is 8. The summed E-state index contributed by atoms with van der Waals surface area (Å²) in [5, 5.41) is 83.4. The molecule has 2 heterocycles. The Hall–Kier alpha value is -1.09. The second kappa shape index (κ2) is 21.2. The van der Waals surface area contributed by atoms with Crippen molar-refractivity contribution in [3.05, 3.63) is 0 Å². The summed E-state index contributed by atoms with van der Waals surface area (Å²) < 4.78 is 36.3. The molecule has 9 N–H and O–H groups in total. The number of hydrogen-bond acceptors (Lipinski definition) is 15. The van der Waals surface area contributed by atoms with Gasteiger partial charge in [-0.3, -0.25) is 4.79 Å². The van der Waals surface area contributed by atoms with Crippen LogP contribution in [0.25, 0.3) is 0 Å². The highest BCUT2D eigenvalue weighted by atomic mass is 16.8. The molecule has 0 aromatic carbocycles. The Balaban J connectivity index is 2.32. The average Bonchev–Trinajstić information content (AvgIpc) is 3.01. The molecular weight excluding hydrogens is 626 g/mol. The maximum atomic E-state index is 11.8. The van der Waals surface area contributed by atoms with Crippen LogP contribution in [0.15, 0.2) is 0 Å². The number of amides is 1. The number of rotatable bonds is 21. The summed E-state index contributed by atoms with van der Waals surface area (Å²) in [7, 11) is 0. The van der Waals surface area contributed by atoms with Crippen LogP contribution < -0.4 is 5.32 Å². The van der Waals surface area contributed by atoms with Crippen molar-refractivity contribution in [1.82, 2.24) is 5.32 Å². The molecule has 16 heteroatoms. The first-order valence-corrected chi connectivity index (χ1v) is 16.6. The molecule has 2 aliphatic rings. The molecule has 16 nitrogen and oxygen atoms in total. The summed E-state index contributed by atoms with van der Waals surface area (Å²) >= 11 is 0. The Morgan fingerprint density at radius 3 is 2.09 bits per heavy atom. The Kier molecular flexibility index (Phi) is 19.0. The van der Waals surface area contributed by atoms with Crippen molar-refractivity contribution in [3.8, 4) is 0 Å². The fourth-order valence-corrected chi connectivity index (χ4v) is 5.83. The van der Waals surface area contributed by atoms with Crippen LogP contribution in [-0.2, 0) is 33.2 Å². The monoisotopic (exact) mass is 685 g/mol. The SMILES string of the molecule is CC(=O)N[C@@H]1C[C@H](O[C@H]2[C@H](O)[C@@H](C)O[C@@H](O[C@H](CCO)[C@@H](C)CC[C@@H](O)C[C@@H](O)CCO)[C@@H]2O[C@@H](CO)O[C@H](C)CO)O[C@H](C)[C@H]1O. The number of hydrogen-bond donors (Lipinski definition) is 9. The Morgan fingerprint density at radius 2 is 1.49 bits per heavy atom. The minimum atomic E-state index is -1.30. The zero-order valence-electron chi connectivity index (χ0n) is 28.2. The van der Waals surface area contributed by atoms with E-state index in [9.17, 15) is 40.5 Å². The average molecular weight is 686 g/mol. The maximum Gasteiger partial charge on any atom is 0.217 e. The third kappa shape index (κ3) is 13.6. The number of ether oxygens (including phenoxy) is 6. The Labute approximate surface area is 276 Å². The first-order chi connectivity index (χ1) is 22.2. The first kappa shape index (κ1) is 42.1. The van der Waals surface area contributed by atoms with Crippen LogP contribution in [0.2, 0.25) is 0 Å². The second-order valence-electron chi connectivity index (χ2n) is 12.7. The van der Waals surface area contributed by atoms with Crippen LogP contribution in [0.4, 0.5) is 0 Å². The van der Waals surface area contributed by atoms with Crippen LogP contribution in [0.1, 0.15) is 73.1 Å². The summed E-state index contributed by atoms with van der Waals surface area (Å²) in [6, 6.07) is -0.698. The lowest BCUT2D eigenvalue weighted by molar-refractivity contribution is -0.368. The van der Waals surface area contributed by atoms with Gasteiger partial charge in [-0.25, -0.2) is 0 Å². The fraction of sp³-hybridized carbons (Fsp3) is 0.968. The smallest absolute Gasteiger partial charge is 0.217 e. The highest BCUT2D eigenvalue weighted by molar-refractivity contribution is 5.73. The minimum absolute atomic E-state index is 0.0444. The first-order valence-electron chi connectivity index (χ1n) is 16.6. The van der Waals surface area contributed by atoms with Crippen molar-refractivity contribution in [1.29, 1.82) is 0 Å². The largest absolute Gasteiger partial charge is 0.396 e. The number of aliphatic hydroxyl groups is 8. The fourth-order valence-electron chi connectivity index (χ4n) is 5.83. The van der Waals surface area contributed by atoms with E-state index in [1.807, 2.05) is 6.92 Å². The van der Waals surface area contributed by atoms with E-state index >= 15 is 0 Å². The lowest BCUT2D eigenvalue weighted by Gasteiger charge is -2.47. The predicted molar refractivity (Wildman–Crippen MR) is 164 cm³/mol. The second-order valence-corrected chi connectivity index (χ2v) is 12.7. The van der Waals surface area contributed by atoms with E-state index in [4.69, 9.17) is 33.5 Å². The van der Waals surface area contributed by atoms with E-state index in [-0.39, 0.29) is 57.3 Å². The van der Waals surface area contributed by atoms with Gasteiger partial charge in [0.2, 0.25) is 5.91 Å². The van der Waals surface area contributed by atoms with Gasteiger partial charge in [-0.05, 0) is 58.8 Å². The van der Waals surface area contributed by atoms with E-state index in [1.165, 1.54) is 6.92 Å². The van der Waals surface area contributed by atoms with Crippen LogP contribution >= 0.6 is 0 Å². The minimum Gasteiger partial charge on any atom is -0.396 e. The maximum absolute atomic E-state index is 11.8. The lowest BCUT2D eigenvalue weighted by atomic mass is 9.93. The van der Waals surface area contributed by atoms with Gasteiger partial charge in [0.15, 0.2) is 18.9 Å². The van der Waals surface area contributed by atoms with E-state index in [0.717, 1.165) is 0 Å². The third-order valence-corrected chi connectivity index (χ3v) is 8.58. The van der Waals surface area contributed by atoms with Gasteiger partial charge in [-0.2, -0.15) is 0 Å². The van der Waals surface area contributed by atoms with Crippen LogP contribution in [0.3, 0.4) is 0 Å². The Morgan fingerprint density at radius 1 is 0.851 bits per heavy atom. The van der Waals surface area contributed by atoms with Gasteiger partial charge < -0.3 is 74.6 Å². The molecule has 0 aromatic rings. The quantitative estimate of drug-likeness (QED) is 0.0609. The number of nitrogens with one attached hydrogen (secondary N) is 1. The van der Waals surface area contributed by atoms with Crippen molar-refractivity contribution < 1.29 is 74.1 Å². The van der Waals surface area contributed by atoms with Gasteiger partial charge in [0, 0.05) is 26.6 Å². The molecule has 0 spiro atoms. The van der Waals surface area contributed by atoms with Gasteiger partial charge in [0.25, 0.3) is 0 Å². The van der Waals surface area contributed by atoms with E-state index in [2.05, 4.69) is 5.32 Å². The van der Waals surface area contributed by atoms with Gasteiger partial charge in [-0.15, -0.1) is 0 Å². The van der Waals surface area contributed by atoms with Crippen molar-refractivity contribution >= 4 is 5.91 Å². The normalized spacial score (nSPS) is 33.9. The lowest BCUT2D eigenvalue weighted by Crippen LogP contribution is -2.63. The molecule has 0 aromatic heterocycles. The van der Waals surface area contributed by atoms with Crippen molar-refractivity contribution in [2.45, 2.75) is 159 Å². The van der Waals surface area contributed by atoms with E-state index in [1.54, 1.807) is 20.8 Å². The van der Waals surface area contributed by atoms with E-state index < -0.39 is 92.6 Å². The van der Waals surface area contributed by atoms with E-state index in [0.29, 0.717) is 12.8 Å². The molecule has 1 amide bonds. The highest BCUT2D eigenvalue weighted by Crippen LogP contribution is 2.33. The molecule has 2 rings (SSSR count). The van der Waals surface area contributed by atoms with Crippen molar-refractivity contribution in [2.75, 3.05) is 26.4 Å². The molecule has 2 fully saturated rings.